The molecule has 1 saturated heterocycles. The molecule has 0 amide bonds. The van der Waals surface area contributed by atoms with Crippen LogP contribution in [0.3, 0.4) is 0 Å². The third-order valence-corrected chi connectivity index (χ3v) is 4.09. The highest BCUT2D eigenvalue weighted by Crippen LogP contribution is 2.16. The van der Waals surface area contributed by atoms with Crippen LogP contribution < -0.4 is 5.32 Å². The van der Waals surface area contributed by atoms with Crippen molar-refractivity contribution in [3.05, 3.63) is 0 Å². The largest absolute Gasteiger partial charge is 0.468 e. The number of carbonyl (C=O) groups excluding carboxylic acids is 1. The first kappa shape index (κ1) is 11.5. The summed E-state index contributed by atoms with van der Waals surface area (Å²) in [5, 5.41) is 2.88. The summed E-state index contributed by atoms with van der Waals surface area (Å²) in [5.41, 5.74) is 0. The molecule has 14 heavy (non-hydrogen) atoms. The van der Waals surface area contributed by atoms with Crippen LogP contribution in [0.2, 0.25) is 0 Å². The molecule has 1 rings (SSSR count). The summed E-state index contributed by atoms with van der Waals surface area (Å²) >= 11 is 0. The molecule has 0 aromatic rings. The minimum atomic E-state index is -2.81. The zero-order valence-electron chi connectivity index (χ0n) is 8.15. The maximum atomic E-state index is 11.1. The summed E-state index contributed by atoms with van der Waals surface area (Å²) < 4.78 is 26.6. The number of sulfone groups is 1. The van der Waals surface area contributed by atoms with E-state index in [4.69, 9.17) is 0 Å². The second-order valence-corrected chi connectivity index (χ2v) is 5.70. The van der Waals surface area contributed by atoms with E-state index in [-0.39, 0.29) is 29.9 Å². The summed E-state index contributed by atoms with van der Waals surface area (Å²) in [6.07, 6.45) is 0.691. The highest BCUT2D eigenvalue weighted by atomic mass is 32.2. The summed E-state index contributed by atoms with van der Waals surface area (Å²) in [7, 11) is -1.48. The van der Waals surface area contributed by atoms with Crippen molar-refractivity contribution in [1.82, 2.24) is 5.32 Å². The fraction of sp³-hybridized carbons (Fsp3) is 0.875. The van der Waals surface area contributed by atoms with Crippen LogP contribution in [0.15, 0.2) is 0 Å². The number of rotatable bonds is 4. The van der Waals surface area contributed by atoms with Crippen LogP contribution in [0.1, 0.15) is 6.42 Å². The van der Waals surface area contributed by atoms with E-state index in [2.05, 4.69) is 10.1 Å². The average molecular weight is 221 g/mol. The Morgan fingerprint density at radius 2 is 2.29 bits per heavy atom. The van der Waals surface area contributed by atoms with Gasteiger partial charge in [-0.2, -0.15) is 0 Å². The number of ether oxygens (including phenoxy) is 1. The maximum Gasteiger partial charge on any atom is 0.319 e. The molecule has 1 heterocycles. The first-order valence-electron chi connectivity index (χ1n) is 4.51. The van der Waals surface area contributed by atoms with Crippen molar-refractivity contribution in [1.29, 1.82) is 0 Å². The van der Waals surface area contributed by atoms with Crippen LogP contribution >= 0.6 is 0 Å². The lowest BCUT2D eigenvalue weighted by molar-refractivity contribution is -0.139. The van der Waals surface area contributed by atoms with E-state index < -0.39 is 9.84 Å². The number of esters is 1. The Kier molecular flexibility index (Phi) is 3.88. The second-order valence-electron chi connectivity index (χ2n) is 3.48. The van der Waals surface area contributed by atoms with Gasteiger partial charge in [-0.15, -0.1) is 0 Å². The van der Waals surface area contributed by atoms with Crippen LogP contribution in [0.5, 0.6) is 0 Å². The van der Waals surface area contributed by atoms with E-state index >= 15 is 0 Å². The van der Waals surface area contributed by atoms with Gasteiger partial charge in [-0.05, 0) is 18.9 Å². The Balaban J connectivity index is 2.18. The van der Waals surface area contributed by atoms with Gasteiger partial charge in [0.25, 0.3) is 0 Å². The Morgan fingerprint density at radius 1 is 1.57 bits per heavy atom. The molecule has 82 valence electrons. The number of hydrogen-bond donors (Lipinski definition) is 1. The molecule has 0 aromatic heterocycles. The standard InChI is InChI=1S/C8H15NO4S/c1-13-8(10)5-9-4-7-2-3-14(11,12)6-7/h7,9H,2-6H2,1H3. The fourth-order valence-corrected chi connectivity index (χ4v) is 3.35. The van der Waals surface area contributed by atoms with Crippen LogP contribution in [0.25, 0.3) is 0 Å². The van der Waals surface area contributed by atoms with Crippen LogP contribution in [-0.4, -0.2) is 46.1 Å². The number of nitrogens with one attached hydrogen (secondary N) is 1. The van der Waals surface area contributed by atoms with Crippen LogP contribution in [0, 0.1) is 5.92 Å². The number of hydrogen-bond acceptors (Lipinski definition) is 5. The molecule has 5 nitrogen and oxygen atoms in total. The summed E-state index contributed by atoms with van der Waals surface area (Å²) in [6.45, 7) is 0.710. The normalized spacial score (nSPS) is 24.8. The molecule has 1 unspecified atom stereocenters. The Hall–Kier alpha value is -0.620. The third-order valence-electron chi connectivity index (χ3n) is 2.26. The molecule has 1 aliphatic heterocycles. The molecule has 1 N–H and O–H groups in total. The topological polar surface area (TPSA) is 72.5 Å². The van der Waals surface area contributed by atoms with E-state index in [1.807, 2.05) is 0 Å². The molecule has 1 fully saturated rings. The molecule has 0 spiro atoms. The van der Waals surface area contributed by atoms with Gasteiger partial charge in [0.15, 0.2) is 9.84 Å². The van der Waals surface area contributed by atoms with Gasteiger partial charge >= 0.3 is 5.97 Å². The van der Waals surface area contributed by atoms with E-state index in [1.54, 1.807) is 0 Å². The van der Waals surface area contributed by atoms with Crippen molar-refractivity contribution < 1.29 is 17.9 Å². The minimum absolute atomic E-state index is 0.143. The lowest BCUT2D eigenvalue weighted by atomic mass is 10.1. The van der Waals surface area contributed by atoms with Crippen molar-refractivity contribution in [2.75, 3.05) is 31.7 Å². The van der Waals surface area contributed by atoms with E-state index in [1.165, 1.54) is 7.11 Å². The summed E-state index contributed by atoms with van der Waals surface area (Å²) in [6, 6.07) is 0. The SMILES string of the molecule is COC(=O)CNCC1CCS(=O)(=O)C1. The molecule has 0 aromatic carbocycles. The van der Waals surface area contributed by atoms with E-state index in [0.717, 1.165) is 0 Å². The van der Waals surface area contributed by atoms with Gasteiger partial charge in [0.05, 0.1) is 25.2 Å². The van der Waals surface area contributed by atoms with Gasteiger partial charge in [0, 0.05) is 0 Å². The third kappa shape index (κ3) is 3.63. The lowest BCUT2D eigenvalue weighted by Crippen LogP contribution is -2.29. The molecular formula is C8H15NO4S. The first-order chi connectivity index (χ1) is 6.53. The van der Waals surface area contributed by atoms with Gasteiger partial charge in [-0.1, -0.05) is 0 Å². The second kappa shape index (κ2) is 4.75. The number of methoxy groups -OCH3 is 1. The van der Waals surface area contributed by atoms with Crippen molar-refractivity contribution in [3.63, 3.8) is 0 Å². The Labute approximate surface area is 83.7 Å². The molecule has 0 saturated carbocycles. The van der Waals surface area contributed by atoms with Gasteiger partial charge in [-0.3, -0.25) is 4.79 Å². The van der Waals surface area contributed by atoms with Gasteiger partial charge in [-0.25, -0.2) is 8.42 Å². The fourth-order valence-electron chi connectivity index (χ4n) is 1.48. The average Bonchev–Trinajstić information content (AvgIpc) is 2.45. The Bertz CT molecular complexity index is 298. The monoisotopic (exact) mass is 221 g/mol. The molecule has 0 aliphatic carbocycles. The molecule has 1 atom stereocenters. The van der Waals surface area contributed by atoms with Gasteiger partial charge in [0.2, 0.25) is 0 Å². The maximum absolute atomic E-state index is 11.1. The van der Waals surface area contributed by atoms with Crippen LogP contribution in [-0.2, 0) is 19.4 Å². The molecular weight excluding hydrogens is 206 g/mol. The summed E-state index contributed by atoms with van der Waals surface area (Å²) in [5.74, 6) is 0.328. The van der Waals surface area contributed by atoms with Crippen LogP contribution in [0.4, 0.5) is 0 Å². The van der Waals surface area contributed by atoms with Gasteiger partial charge < -0.3 is 10.1 Å². The van der Waals surface area contributed by atoms with Crippen molar-refractivity contribution in [3.8, 4) is 0 Å². The minimum Gasteiger partial charge on any atom is -0.468 e. The lowest BCUT2D eigenvalue weighted by Gasteiger charge is -2.07. The predicted molar refractivity (Wildman–Crippen MR) is 51.6 cm³/mol. The summed E-state index contributed by atoms with van der Waals surface area (Å²) in [4.78, 5) is 10.7. The van der Waals surface area contributed by atoms with E-state index in [9.17, 15) is 13.2 Å². The number of carbonyl (C=O) groups is 1. The quantitative estimate of drug-likeness (QED) is 0.628. The highest BCUT2D eigenvalue weighted by molar-refractivity contribution is 7.91. The molecule has 0 bridgehead atoms. The van der Waals surface area contributed by atoms with Crippen molar-refractivity contribution in [2.45, 2.75) is 6.42 Å². The van der Waals surface area contributed by atoms with Gasteiger partial charge in [0.1, 0.15) is 0 Å². The first-order valence-corrected chi connectivity index (χ1v) is 6.33. The smallest absolute Gasteiger partial charge is 0.319 e. The van der Waals surface area contributed by atoms with Crippen molar-refractivity contribution in [2.24, 2.45) is 5.92 Å². The zero-order valence-corrected chi connectivity index (χ0v) is 8.97. The predicted octanol–water partition coefficient (Wildman–Crippen LogP) is -0.816. The molecule has 1 aliphatic rings. The van der Waals surface area contributed by atoms with Crippen molar-refractivity contribution >= 4 is 15.8 Å². The molecule has 0 radical (unpaired) electrons. The van der Waals surface area contributed by atoms with E-state index in [0.29, 0.717) is 13.0 Å². The molecule has 6 heteroatoms. The zero-order chi connectivity index (χ0) is 10.6. The Morgan fingerprint density at radius 3 is 2.79 bits per heavy atom. The highest BCUT2D eigenvalue weighted by Gasteiger charge is 2.27.